The molecular formula is C19H23N3O3S. The molecule has 0 unspecified atom stereocenters. The molecule has 1 fully saturated rings. The molecule has 1 aromatic heterocycles. The Labute approximate surface area is 154 Å². The minimum absolute atomic E-state index is 0.164. The summed E-state index contributed by atoms with van der Waals surface area (Å²) in [6.07, 6.45) is 4.91. The van der Waals surface area contributed by atoms with E-state index in [9.17, 15) is 13.2 Å². The highest BCUT2D eigenvalue weighted by Crippen LogP contribution is 2.24. The van der Waals surface area contributed by atoms with Crippen molar-refractivity contribution in [3.05, 3.63) is 60.9 Å². The third-order valence-corrected chi connectivity index (χ3v) is 6.39. The van der Waals surface area contributed by atoms with Gasteiger partial charge in [-0.1, -0.05) is 24.3 Å². The molecule has 1 aromatic carbocycles. The van der Waals surface area contributed by atoms with Gasteiger partial charge in [0, 0.05) is 38.6 Å². The Balaban J connectivity index is 1.94. The first-order valence-corrected chi connectivity index (χ1v) is 10.0. The second-order valence-electron chi connectivity index (χ2n) is 6.32. The van der Waals surface area contributed by atoms with Crippen molar-refractivity contribution in [2.75, 3.05) is 24.5 Å². The smallest absolute Gasteiger partial charge is 0.275 e. The lowest BCUT2D eigenvalue weighted by Gasteiger charge is -2.21. The largest absolute Gasteiger partial charge is 0.345 e. The summed E-state index contributed by atoms with van der Waals surface area (Å²) in [6.45, 7) is 5.12. The average molecular weight is 373 g/mol. The van der Waals surface area contributed by atoms with Crippen molar-refractivity contribution in [2.45, 2.75) is 17.7 Å². The third kappa shape index (κ3) is 3.45. The molecule has 3 rings (SSSR count). The quantitative estimate of drug-likeness (QED) is 0.732. The first kappa shape index (κ1) is 18.4. The van der Waals surface area contributed by atoms with Crippen LogP contribution in [0.2, 0.25) is 0 Å². The van der Waals surface area contributed by atoms with E-state index in [1.54, 1.807) is 22.6 Å². The number of carbonyl (C=O) groups is 1. The second kappa shape index (κ2) is 7.47. The SMILES string of the molecule is C=CCN(C(=O)c1cc(S(=O)(=O)N2CCCC2)cn1C)c1ccccc1. The average Bonchev–Trinajstić information content (AvgIpc) is 3.30. The van der Waals surface area contributed by atoms with Crippen LogP contribution in [0, 0.1) is 0 Å². The topological polar surface area (TPSA) is 62.6 Å². The van der Waals surface area contributed by atoms with E-state index in [1.807, 2.05) is 30.3 Å². The van der Waals surface area contributed by atoms with Gasteiger partial charge in [-0.15, -0.1) is 6.58 Å². The normalized spacial score (nSPS) is 15.1. The monoisotopic (exact) mass is 373 g/mol. The van der Waals surface area contributed by atoms with Crippen LogP contribution in [0.4, 0.5) is 5.69 Å². The predicted molar refractivity (Wildman–Crippen MR) is 102 cm³/mol. The van der Waals surface area contributed by atoms with Crippen LogP contribution in [0.3, 0.4) is 0 Å². The number of amides is 1. The van der Waals surface area contributed by atoms with Crippen molar-refractivity contribution >= 4 is 21.6 Å². The van der Waals surface area contributed by atoms with Crippen molar-refractivity contribution in [2.24, 2.45) is 7.05 Å². The number of carbonyl (C=O) groups excluding carboxylic acids is 1. The molecule has 0 atom stereocenters. The van der Waals surface area contributed by atoms with Crippen molar-refractivity contribution in [3.63, 3.8) is 0 Å². The van der Waals surface area contributed by atoms with Gasteiger partial charge in [-0.2, -0.15) is 4.31 Å². The lowest BCUT2D eigenvalue weighted by atomic mass is 10.2. The maximum Gasteiger partial charge on any atom is 0.275 e. The van der Waals surface area contributed by atoms with Crippen molar-refractivity contribution in [1.29, 1.82) is 0 Å². The van der Waals surface area contributed by atoms with Crippen LogP contribution in [0.1, 0.15) is 23.3 Å². The van der Waals surface area contributed by atoms with Crippen LogP contribution in [0.25, 0.3) is 0 Å². The summed E-state index contributed by atoms with van der Waals surface area (Å²) in [5.74, 6) is -0.263. The molecule has 6 nitrogen and oxygen atoms in total. The van der Waals surface area contributed by atoms with Gasteiger partial charge < -0.3 is 9.47 Å². The number of hydrogen-bond acceptors (Lipinski definition) is 3. The zero-order chi connectivity index (χ0) is 18.7. The Morgan fingerprint density at radius 2 is 1.88 bits per heavy atom. The Hall–Kier alpha value is -2.38. The molecule has 2 aromatic rings. The van der Waals surface area contributed by atoms with E-state index in [4.69, 9.17) is 0 Å². The van der Waals surface area contributed by atoms with Gasteiger partial charge in [-0.25, -0.2) is 8.42 Å². The maximum absolute atomic E-state index is 13.1. The summed E-state index contributed by atoms with van der Waals surface area (Å²) in [5.41, 5.74) is 1.07. The summed E-state index contributed by atoms with van der Waals surface area (Å²) in [5, 5.41) is 0. The molecule has 1 aliphatic heterocycles. The van der Waals surface area contributed by atoms with Crippen LogP contribution in [-0.2, 0) is 17.1 Å². The highest BCUT2D eigenvalue weighted by Gasteiger charge is 2.30. The molecule has 2 heterocycles. The van der Waals surface area contributed by atoms with Crippen molar-refractivity contribution in [3.8, 4) is 0 Å². The molecule has 1 saturated heterocycles. The Bertz CT molecular complexity index is 897. The van der Waals surface area contributed by atoms with Gasteiger partial charge in [0.15, 0.2) is 0 Å². The van der Waals surface area contributed by atoms with Crippen molar-refractivity contribution < 1.29 is 13.2 Å². The van der Waals surface area contributed by atoms with E-state index < -0.39 is 10.0 Å². The Morgan fingerprint density at radius 1 is 1.23 bits per heavy atom. The number of benzene rings is 1. The second-order valence-corrected chi connectivity index (χ2v) is 8.26. The molecule has 0 bridgehead atoms. The lowest BCUT2D eigenvalue weighted by molar-refractivity contribution is 0.0982. The van der Waals surface area contributed by atoms with E-state index in [0.717, 1.165) is 18.5 Å². The molecule has 0 radical (unpaired) electrons. The highest BCUT2D eigenvalue weighted by molar-refractivity contribution is 7.89. The van der Waals surface area contributed by atoms with Crippen LogP contribution in [-0.4, -0.2) is 42.8 Å². The summed E-state index contributed by atoms with van der Waals surface area (Å²) < 4.78 is 28.6. The molecular weight excluding hydrogens is 350 g/mol. The first-order valence-electron chi connectivity index (χ1n) is 8.59. The van der Waals surface area contributed by atoms with E-state index in [1.165, 1.54) is 16.6 Å². The van der Waals surface area contributed by atoms with E-state index >= 15 is 0 Å². The molecule has 7 heteroatoms. The number of sulfonamides is 1. The number of para-hydroxylation sites is 1. The van der Waals surface area contributed by atoms with Gasteiger partial charge in [0.25, 0.3) is 5.91 Å². The van der Waals surface area contributed by atoms with Gasteiger partial charge in [-0.05, 0) is 31.0 Å². The maximum atomic E-state index is 13.1. The van der Waals surface area contributed by atoms with Crippen LogP contribution in [0.15, 0.2) is 60.1 Å². The molecule has 0 spiro atoms. The van der Waals surface area contributed by atoms with E-state index in [0.29, 0.717) is 25.3 Å². The number of aryl methyl sites for hydroxylation is 1. The summed E-state index contributed by atoms with van der Waals surface area (Å²) >= 11 is 0. The van der Waals surface area contributed by atoms with Crippen molar-refractivity contribution in [1.82, 2.24) is 8.87 Å². The van der Waals surface area contributed by atoms with Crippen LogP contribution in [0.5, 0.6) is 0 Å². The molecule has 138 valence electrons. The standard InChI is InChI=1S/C19H23N3O3S/c1-3-11-22(16-9-5-4-6-10-16)19(23)18-14-17(15-20(18)2)26(24,25)21-12-7-8-13-21/h3-6,9-10,14-15H,1,7-8,11-13H2,2H3. The highest BCUT2D eigenvalue weighted by atomic mass is 32.2. The van der Waals surface area contributed by atoms with E-state index in [-0.39, 0.29) is 10.8 Å². The van der Waals surface area contributed by atoms with Crippen LogP contribution >= 0.6 is 0 Å². The van der Waals surface area contributed by atoms with Gasteiger partial charge >= 0.3 is 0 Å². The number of aromatic nitrogens is 1. The lowest BCUT2D eigenvalue weighted by Crippen LogP contribution is -2.32. The Kier molecular flexibility index (Phi) is 5.29. The predicted octanol–water partition coefficient (Wildman–Crippen LogP) is 2.64. The van der Waals surface area contributed by atoms with Crippen LogP contribution < -0.4 is 4.90 Å². The molecule has 1 amide bonds. The number of anilines is 1. The molecule has 26 heavy (non-hydrogen) atoms. The molecule has 0 saturated carbocycles. The zero-order valence-electron chi connectivity index (χ0n) is 14.8. The minimum Gasteiger partial charge on any atom is -0.345 e. The van der Waals surface area contributed by atoms with Gasteiger partial charge in [0.1, 0.15) is 10.6 Å². The van der Waals surface area contributed by atoms with E-state index in [2.05, 4.69) is 6.58 Å². The summed E-state index contributed by atoms with van der Waals surface area (Å²) in [4.78, 5) is 14.8. The minimum atomic E-state index is -3.55. The molecule has 0 aliphatic carbocycles. The fraction of sp³-hybridized carbons (Fsp3) is 0.316. The fourth-order valence-electron chi connectivity index (χ4n) is 3.15. The first-order chi connectivity index (χ1) is 12.4. The Morgan fingerprint density at radius 3 is 2.50 bits per heavy atom. The summed E-state index contributed by atoms with van der Waals surface area (Å²) in [6, 6.07) is 10.7. The van der Waals surface area contributed by atoms with Gasteiger partial charge in [-0.3, -0.25) is 4.79 Å². The number of hydrogen-bond donors (Lipinski definition) is 0. The molecule has 1 aliphatic rings. The zero-order valence-corrected chi connectivity index (χ0v) is 15.7. The third-order valence-electron chi connectivity index (χ3n) is 4.53. The fourth-order valence-corrected chi connectivity index (χ4v) is 4.74. The van der Waals surface area contributed by atoms with Gasteiger partial charge in [0.05, 0.1) is 0 Å². The summed E-state index contributed by atoms with van der Waals surface area (Å²) in [7, 11) is -1.87. The molecule has 0 N–H and O–H groups in total. The number of nitrogens with zero attached hydrogens (tertiary/aromatic N) is 3. The van der Waals surface area contributed by atoms with Gasteiger partial charge in [0.2, 0.25) is 10.0 Å². The number of rotatable bonds is 6.